The van der Waals surface area contributed by atoms with Crippen molar-refractivity contribution in [3.63, 3.8) is 0 Å². The van der Waals surface area contributed by atoms with Gasteiger partial charge in [0.15, 0.2) is 5.69 Å². The number of amides is 1. The first-order valence-electron chi connectivity index (χ1n) is 8.93. The van der Waals surface area contributed by atoms with E-state index in [1.165, 1.54) is 18.4 Å². The van der Waals surface area contributed by atoms with Gasteiger partial charge >= 0.3 is 0 Å². The molecule has 1 aliphatic carbocycles. The van der Waals surface area contributed by atoms with Gasteiger partial charge in [-0.1, -0.05) is 36.8 Å². The molecule has 1 fully saturated rings. The van der Waals surface area contributed by atoms with Crippen LogP contribution < -0.4 is 10.6 Å². The van der Waals surface area contributed by atoms with Crippen molar-refractivity contribution in [1.82, 2.24) is 20.8 Å². The van der Waals surface area contributed by atoms with E-state index in [4.69, 9.17) is 0 Å². The summed E-state index contributed by atoms with van der Waals surface area (Å²) < 4.78 is 0. The number of nitrogens with one attached hydrogen (secondary N) is 3. The van der Waals surface area contributed by atoms with Gasteiger partial charge in [-0.25, -0.2) is 0 Å². The third kappa shape index (κ3) is 3.08. The average molecular weight is 324 g/mol. The summed E-state index contributed by atoms with van der Waals surface area (Å²) in [6, 6.07) is 10.8. The SMILES string of the molecule is O=C(NC1CCCC1Cc1ccccc1)c1n[nH]c2c1CNCC2. The summed E-state index contributed by atoms with van der Waals surface area (Å²) >= 11 is 0. The largest absolute Gasteiger partial charge is 0.348 e. The van der Waals surface area contributed by atoms with E-state index in [1.54, 1.807) is 0 Å². The molecule has 0 bridgehead atoms. The number of benzene rings is 1. The lowest BCUT2D eigenvalue weighted by Crippen LogP contribution is -2.39. The zero-order chi connectivity index (χ0) is 16.4. The predicted molar refractivity (Wildman–Crippen MR) is 92.7 cm³/mol. The molecule has 5 nitrogen and oxygen atoms in total. The van der Waals surface area contributed by atoms with Crippen molar-refractivity contribution in [2.45, 2.75) is 44.7 Å². The number of carbonyl (C=O) groups is 1. The maximum atomic E-state index is 12.7. The molecule has 2 aliphatic rings. The van der Waals surface area contributed by atoms with Crippen LogP contribution in [0.2, 0.25) is 0 Å². The molecular formula is C19H24N4O. The summed E-state index contributed by atoms with van der Waals surface area (Å²) in [5.41, 5.74) is 4.06. The van der Waals surface area contributed by atoms with Gasteiger partial charge in [0, 0.05) is 36.8 Å². The molecule has 126 valence electrons. The van der Waals surface area contributed by atoms with Gasteiger partial charge in [-0.05, 0) is 30.7 Å². The second-order valence-electron chi connectivity index (χ2n) is 6.92. The zero-order valence-electron chi connectivity index (χ0n) is 13.8. The van der Waals surface area contributed by atoms with Crippen LogP contribution >= 0.6 is 0 Å². The number of aromatic nitrogens is 2. The van der Waals surface area contributed by atoms with Crippen LogP contribution in [0.15, 0.2) is 30.3 Å². The number of hydrogen-bond acceptors (Lipinski definition) is 3. The molecular weight excluding hydrogens is 300 g/mol. The van der Waals surface area contributed by atoms with Gasteiger partial charge in [-0.2, -0.15) is 5.10 Å². The Bertz CT molecular complexity index is 709. The van der Waals surface area contributed by atoms with Crippen LogP contribution in [0.25, 0.3) is 0 Å². The Hall–Kier alpha value is -2.14. The number of aromatic amines is 1. The third-order valence-corrected chi connectivity index (χ3v) is 5.34. The smallest absolute Gasteiger partial charge is 0.272 e. The number of carbonyl (C=O) groups excluding carboxylic acids is 1. The monoisotopic (exact) mass is 324 g/mol. The minimum atomic E-state index is -0.0267. The van der Waals surface area contributed by atoms with Gasteiger partial charge in [-0.15, -0.1) is 0 Å². The van der Waals surface area contributed by atoms with Crippen molar-refractivity contribution in [3.05, 3.63) is 52.8 Å². The van der Waals surface area contributed by atoms with Gasteiger partial charge in [-0.3, -0.25) is 9.89 Å². The number of hydrogen-bond donors (Lipinski definition) is 3. The van der Waals surface area contributed by atoms with Gasteiger partial charge in [0.25, 0.3) is 5.91 Å². The molecule has 2 aromatic rings. The van der Waals surface area contributed by atoms with E-state index in [0.717, 1.165) is 43.6 Å². The lowest BCUT2D eigenvalue weighted by molar-refractivity contribution is 0.0921. The summed E-state index contributed by atoms with van der Waals surface area (Å²) in [6.07, 6.45) is 5.37. The van der Waals surface area contributed by atoms with Gasteiger partial charge in [0.05, 0.1) is 0 Å². The van der Waals surface area contributed by atoms with Crippen LogP contribution in [0.3, 0.4) is 0 Å². The second kappa shape index (κ2) is 6.77. The van der Waals surface area contributed by atoms with Crippen molar-refractivity contribution in [2.75, 3.05) is 6.54 Å². The fourth-order valence-corrected chi connectivity index (χ4v) is 4.04. The lowest BCUT2D eigenvalue weighted by Gasteiger charge is -2.21. The van der Waals surface area contributed by atoms with Crippen LogP contribution in [0.4, 0.5) is 0 Å². The standard InChI is InChI=1S/C19H24N4O/c24-19(18-15-12-20-10-9-17(15)22-23-18)21-16-8-4-7-14(16)11-13-5-2-1-3-6-13/h1-3,5-6,14,16,20H,4,7-12H2,(H,21,24)(H,22,23). The van der Waals surface area contributed by atoms with E-state index in [0.29, 0.717) is 11.6 Å². The van der Waals surface area contributed by atoms with E-state index in [9.17, 15) is 4.79 Å². The molecule has 24 heavy (non-hydrogen) atoms. The molecule has 2 unspecified atom stereocenters. The van der Waals surface area contributed by atoms with Crippen molar-refractivity contribution in [1.29, 1.82) is 0 Å². The predicted octanol–water partition coefficient (Wildman–Crippen LogP) is 2.20. The van der Waals surface area contributed by atoms with Crippen LogP contribution in [0.5, 0.6) is 0 Å². The maximum Gasteiger partial charge on any atom is 0.272 e. The molecule has 1 saturated carbocycles. The Balaban J connectivity index is 1.44. The average Bonchev–Trinajstić information content (AvgIpc) is 3.23. The Labute approximate surface area is 142 Å². The number of rotatable bonds is 4. The first-order valence-corrected chi connectivity index (χ1v) is 8.93. The first kappa shape index (κ1) is 15.4. The molecule has 0 radical (unpaired) electrons. The topological polar surface area (TPSA) is 69.8 Å². The minimum Gasteiger partial charge on any atom is -0.348 e. The number of fused-ring (bicyclic) bond motifs is 1. The van der Waals surface area contributed by atoms with Crippen molar-refractivity contribution in [2.24, 2.45) is 5.92 Å². The maximum absolute atomic E-state index is 12.7. The quantitative estimate of drug-likeness (QED) is 0.807. The summed E-state index contributed by atoms with van der Waals surface area (Å²) in [7, 11) is 0. The Morgan fingerprint density at radius 1 is 1.25 bits per heavy atom. The van der Waals surface area contributed by atoms with E-state index in [2.05, 4.69) is 45.1 Å². The van der Waals surface area contributed by atoms with Crippen molar-refractivity contribution >= 4 is 5.91 Å². The molecule has 3 N–H and O–H groups in total. The molecule has 1 amide bonds. The molecule has 1 aliphatic heterocycles. The van der Waals surface area contributed by atoms with Crippen LogP contribution in [-0.2, 0) is 19.4 Å². The van der Waals surface area contributed by atoms with Crippen LogP contribution in [-0.4, -0.2) is 28.7 Å². The molecule has 5 heteroatoms. The van der Waals surface area contributed by atoms with E-state index in [-0.39, 0.29) is 11.9 Å². The van der Waals surface area contributed by atoms with Gasteiger partial charge < -0.3 is 10.6 Å². The zero-order valence-corrected chi connectivity index (χ0v) is 13.8. The minimum absolute atomic E-state index is 0.0267. The molecule has 2 atom stereocenters. The highest BCUT2D eigenvalue weighted by Crippen LogP contribution is 2.29. The first-order chi connectivity index (χ1) is 11.8. The Morgan fingerprint density at radius 3 is 3.00 bits per heavy atom. The summed E-state index contributed by atoms with van der Waals surface area (Å²) in [5.74, 6) is 0.491. The Kier molecular flexibility index (Phi) is 4.34. The third-order valence-electron chi connectivity index (χ3n) is 5.34. The van der Waals surface area contributed by atoms with Crippen LogP contribution in [0.1, 0.15) is 46.6 Å². The summed E-state index contributed by atoms with van der Waals surface area (Å²) in [6.45, 7) is 1.67. The summed E-state index contributed by atoms with van der Waals surface area (Å²) in [5, 5.41) is 13.9. The van der Waals surface area contributed by atoms with Crippen molar-refractivity contribution < 1.29 is 4.79 Å². The van der Waals surface area contributed by atoms with Gasteiger partial charge in [0.1, 0.15) is 0 Å². The molecule has 4 rings (SSSR count). The fraction of sp³-hybridized carbons (Fsp3) is 0.474. The molecule has 1 aromatic carbocycles. The molecule has 0 saturated heterocycles. The van der Waals surface area contributed by atoms with E-state index in [1.807, 2.05) is 6.07 Å². The number of H-pyrrole nitrogens is 1. The number of nitrogens with zero attached hydrogens (tertiary/aromatic N) is 1. The Morgan fingerprint density at radius 2 is 2.12 bits per heavy atom. The molecule has 1 aromatic heterocycles. The normalized spacial score (nSPS) is 23.0. The fourth-order valence-electron chi connectivity index (χ4n) is 4.04. The van der Waals surface area contributed by atoms with Crippen LogP contribution in [0, 0.1) is 5.92 Å². The van der Waals surface area contributed by atoms with E-state index < -0.39 is 0 Å². The highest BCUT2D eigenvalue weighted by atomic mass is 16.2. The highest BCUT2D eigenvalue weighted by molar-refractivity contribution is 5.94. The highest BCUT2D eigenvalue weighted by Gasteiger charge is 2.30. The molecule has 2 heterocycles. The van der Waals surface area contributed by atoms with Crippen molar-refractivity contribution in [3.8, 4) is 0 Å². The lowest BCUT2D eigenvalue weighted by atomic mass is 9.94. The van der Waals surface area contributed by atoms with E-state index >= 15 is 0 Å². The summed E-state index contributed by atoms with van der Waals surface area (Å²) in [4.78, 5) is 12.7. The molecule has 0 spiro atoms. The second-order valence-corrected chi connectivity index (χ2v) is 6.92. The van der Waals surface area contributed by atoms with Gasteiger partial charge in [0.2, 0.25) is 0 Å².